The van der Waals surface area contributed by atoms with Crippen LogP contribution in [0, 0.1) is 5.92 Å². The first-order valence-corrected chi connectivity index (χ1v) is 5.69. The minimum absolute atomic E-state index is 0.0441. The predicted octanol–water partition coefficient (Wildman–Crippen LogP) is 0.526. The lowest BCUT2D eigenvalue weighted by Gasteiger charge is -2.32. The van der Waals surface area contributed by atoms with Gasteiger partial charge in [0.25, 0.3) is 0 Å². The second kappa shape index (κ2) is 6.08. The molecule has 0 aromatic carbocycles. The zero-order valence-electron chi connectivity index (χ0n) is 9.88. The molecular formula is C11H22N2O2. The maximum Gasteiger partial charge on any atom is 0.233 e. The molecule has 4 nitrogen and oxygen atoms in total. The van der Waals surface area contributed by atoms with E-state index in [9.17, 15) is 4.79 Å². The average molecular weight is 214 g/mol. The molecule has 2 atom stereocenters. The molecule has 0 aromatic rings. The van der Waals surface area contributed by atoms with Gasteiger partial charge in [0, 0.05) is 19.7 Å². The van der Waals surface area contributed by atoms with Crippen molar-refractivity contribution in [1.82, 2.24) is 10.6 Å². The molecule has 0 aromatic heterocycles. The molecular weight excluding hydrogens is 192 g/mol. The van der Waals surface area contributed by atoms with E-state index in [1.807, 2.05) is 0 Å². The third-order valence-electron chi connectivity index (χ3n) is 2.89. The molecule has 0 bridgehead atoms. The predicted molar refractivity (Wildman–Crippen MR) is 59.7 cm³/mol. The van der Waals surface area contributed by atoms with Crippen molar-refractivity contribution < 1.29 is 9.53 Å². The number of carbonyl (C=O) groups is 1. The molecule has 1 fully saturated rings. The van der Waals surface area contributed by atoms with E-state index in [0.29, 0.717) is 24.6 Å². The number of hydrogen-bond donors (Lipinski definition) is 2. The second-order valence-electron chi connectivity index (χ2n) is 4.43. The van der Waals surface area contributed by atoms with Gasteiger partial charge in [-0.25, -0.2) is 0 Å². The smallest absolute Gasteiger partial charge is 0.233 e. The van der Waals surface area contributed by atoms with Crippen molar-refractivity contribution in [2.24, 2.45) is 5.92 Å². The topological polar surface area (TPSA) is 50.4 Å². The third kappa shape index (κ3) is 4.18. The summed E-state index contributed by atoms with van der Waals surface area (Å²) >= 11 is 0. The Morgan fingerprint density at radius 1 is 1.53 bits per heavy atom. The highest BCUT2D eigenvalue weighted by Crippen LogP contribution is 2.19. The summed E-state index contributed by atoms with van der Waals surface area (Å²) in [7, 11) is 1.66. The minimum Gasteiger partial charge on any atom is -0.378 e. The Morgan fingerprint density at radius 2 is 2.27 bits per heavy atom. The van der Waals surface area contributed by atoms with Crippen molar-refractivity contribution >= 4 is 5.91 Å². The van der Waals surface area contributed by atoms with Crippen LogP contribution in [0.1, 0.15) is 26.7 Å². The Hall–Kier alpha value is -0.610. The van der Waals surface area contributed by atoms with Crippen LogP contribution >= 0.6 is 0 Å². The van der Waals surface area contributed by atoms with E-state index >= 15 is 0 Å². The van der Waals surface area contributed by atoms with Crippen LogP contribution in [-0.2, 0) is 9.53 Å². The van der Waals surface area contributed by atoms with E-state index in [0.717, 1.165) is 19.4 Å². The van der Waals surface area contributed by atoms with Gasteiger partial charge in [0.15, 0.2) is 0 Å². The number of hydrogen-bond acceptors (Lipinski definition) is 3. The zero-order valence-corrected chi connectivity index (χ0v) is 9.88. The largest absolute Gasteiger partial charge is 0.378 e. The molecule has 0 aliphatic carbocycles. The maximum absolute atomic E-state index is 11.1. The van der Waals surface area contributed by atoms with Crippen molar-refractivity contribution in [3.8, 4) is 0 Å². The number of nitrogens with one attached hydrogen (secondary N) is 2. The summed E-state index contributed by atoms with van der Waals surface area (Å²) in [4.78, 5) is 11.1. The lowest BCUT2D eigenvalue weighted by molar-refractivity contribution is -0.120. The normalized spacial score (nSPS) is 26.7. The number of ether oxygens (including phenoxy) is 1. The highest BCUT2D eigenvalue weighted by molar-refractivity contribution is 5.77. The van der Waals surface area contributed by atoms with E-state index in [1.54, 1.807) is 7.05 Å². The van der Waals surface area contributed by atoms with Crippen LogP contribution in [0.15, 0.2) is 0 Å². The van der Waals surface area contributed by atoms with Gasteiger partial charge in [-0.2, -0.15) is 0 Å². The lowest BCUT2D eigenvalue weighted by Crippen LogP contribution is -2.44. The lowest BCUT2D eigenvalue weighted by atomic mass is 9.95. The first-order chi connectivity index (χ1) is 7.13. The standard InChI is InChI=1S/C11H22N2O2/c1-8(2)10-6-9(4-5-15-10)13-7-11(14)12-3/h8-10,13H,4-7H2,1-3H3,(H,12,14). The molecule has 88 valence electrons. The number of likely N-dealkylation sites (N-methyl/N-ethyl adjacent to an activating group) is 1. The van der Waals surface area contributed by atoms with Crippen LogP contribution < -0.4 is 10.6 Å². The first-order valence-electron chi connectivity index (χ1n) is 5.69. The van der Waals surface area contributed by atoms with Gasteiger partial charge < -0.3 is 15.4 Å². The number of amides is 1. The monoisotopic (exact) mass is 214 g/mol. The molecule has 15 heavy (non-hydrogen) atoms. The van der Waals surface area contributed by atoms with Gasteiger partial charge in [0.05, 0.1) is 12.6 Å². The highest BCUT2D eigenvalue weighted by atomic mass is 16.5. The van der Waals surface area contributed by atoms with E-state index in [1.165, 1.54) is 0 Å². The Kier molecular flexibility index (Phi) is 5.05. The quantitative estimate of drug-likeness (QED) is 0.717. The van der Waals surface area contributed by atoms with Crippen LogP contribution in [0.25, 0.3) is 0 Å². The van der Waals surface area contributed by atoms with Gasteiger partial charge in [-0.1, -0.05) is 13.8 Å². The van der Waals surface area contributed by atoms with Crippen molar-refractivity contribution in [2.75, 3.05) is 20.2 Å². The SMILES string of the molecule is CNC(=O)CNC1CCOC(C(C)C)C1. The maximum atomic E-state index is 11.1. The van der Waals surface area contributed by atoms with Gasteiger partial charge in [0.2, 0.25) is 5.91 Å². The molecule has 2 unspecified atom stereocenters. The minimum atomic E-state index is 0.0441. The summed E-state index contributed by atoms with van der Waals surface area (Å²) in [5.74, 6) is 0.595. The number of rotatable bonds is 4. The Morgan fingerprint density at radius 3 is 2.87 bits per heavy atom. The van der Waals surface area contributed by atoms with Crippen LogP contribution in [0.2, 0.25) is 0 Å². The van der Waals surface area contributed by atoms with Gasteiger partial charge in [0.1, 0.15) is 0 Å². The molecule has 1 heterocycles. The van der Waals surface area contributed by atoms with E-state index in [4.69, 9.17) is 4.74 Å². The van der Waals surface area contributed by atoms with E-state index in [-0.39, 0.29) is 5.91 Å². The molecule has 0 radical (unpaired) electrons. The fourth-order valence-electron chi connectivity index (χ4n) is 1.80. The summed E-state index contributed by atoms with van der Waals surface area (Å²) in [6, 6.07) is 0.420. The summed E-state index contributed by atoms with van der Waals surface area (Å²) < 4.78 is 5.66. The van der Waals surface area contributed by atoms with Crippen molar-refractivity contribution in [2.45, 2.75) is 38.8 Å². The van der Waals surface area contributed by atoms with Crippen LogP contribution in [0.5, 0.6) is 0 Å². The second-order valence-corrected chi connectivity index (χ2v) is 4.43. The van der Waals surface area contributed by atoms with Crippen LogP contribution in [0.3, 0.4) is 0 Å². The summed E-state index contributed by atoms with van der Waals surface area (Å²) in [6.45, 7) is 5.55. The van der Waals surface area contributed by atoms with Crippen molar-refractivity contribution in [1.29, 1.82) is 0 Å². The highest BCUT2D eigenvalue weighted by Gasteiger charge is 2.24. The fraction of sp³-hybridized carbons (Fsp3) is 0.909. The van der Waals surface area contributed by atoms with Crippen molar-refractivity contribution in [3.05, 3.63) is 0 Å². The number of carbonyl (C=O) groups excluding carboxylic acids is 1. The van der Waals surface area contributed by atoms with Gasteiger partial charge in [-0.05, 0) is 18.8 Å². The van der Waals surface area contributed by atoms with E-state index in [2.05, 4.69) is 24.5 Å². The molecule has 0 saturated carbocycles. The van der Waals surface area contributed by atoms with Gasteiger partial charge in [-0.3, -0.25) is 4.79 Å². The molecule has 2 N–H and O–H groups in total. The van der Waals surface area contributed by atoms with E-state index < -0.39 is 0 Å². The Balaban J connectivity index is 2.27. The Labute approximate surface area is 91.8 Å². The summed E-state index contributed by atoms with van der Waals surface area (Å²) in [5, 5.41) is 5.87. The van der Waals surface area contributed by atoms with Crippen molar-refractivity contribution in [3.63, 3.8) is 0 Å². The molecule has 1 saturated heterocycles. The van der Waals surface area contributed by atoms with Crippen LogP contribution in [0.4, 0.5) is 0 Å². The molecule has 4 heteroatoms. The zero-order chi connectivity index (χ0) is 11.3. The molecule has 1 rings (SSSR count). The summed E-state index contributed by atoms with van der Waals surface area (Å²) in [5.41, 5.74) is 0. The third-order valence-corrected chi connectivity index (χ3v) is 2.89. The molecule has 1 aliphatic rings. The average Bonchev–Trinajstić information content (AvgIpc) is 2.26. The molecule has 1 aliphatic heterocycles. The van der Waals surface area contributed by atoms with Crippen LogP contribution in [-0.4, -0.2) is 38.3 Å². The molecule has 1 amide bonds. The van der Waals surface area contributed by atoms with Gasteiger partial charge in [-0.15, -0.1) is 0 Å². The summed E-state index contributed by atoms with van der Waals surface area (Å²) in [6.07, 6.45) is 2.34. The fourth-order valence-corrected chi connectivity index (χ4v) is 1.80. The molecule has 0 spiro atoms. The first kappa shape index (κ1) is 12.5. The van der Waals surface area contributed by atoms with Gasteiger partial charge >= 0.3 is 0 Å². The Bertz CT molecular complexity index is 207.